The summed E-state index contributed by atoms with van der Waals surface area (Å²) < 4.78 is 1.98. The lowest BCUT2D eigenvalue weighted by Crippen LogP contribution is -2.07. The summed E-state index contributed by atoms with van der Waals surface area (Å²) in [5.74, 6) is 1.41. The fraction of sp³-hybridized carbons (Fsp3) is 0.333. The lowest BCUT2D eigenvalue weighted by Gasteiger charge is -2.10. The highest BCUT2D eigenvalue weighted by molar-refractivity contribution is 6.42. The van der Waals surface area contributed by atoms with Crippen LogP contribution in [0.1, 0.15) is 42.9 Å². The van der Waals surface area contributed by atoms with E-state index in [4.69, 9.17) is 28.3 Å². The number of rotatable bonds is 4. The Labute approximate surface area is 150 Å². The van der Waals surface area contributed by atoms with Gasteiger partial charge < -0.3 is 5.32 Å². The van der Waals surface area contributed by atoms with Gasteiger partial charge in [0.15, 0.2) is 5.65 Å². The van der Waals surface area contributed by atoms with Crippen LogP contribution in [0.4, 0.5) is 5.82 Å². The molecule has 0 unspecified atom stereocenters. The third-order valence-electron chi connectivity index (χ3n) is 4.62. The Kier molecular flexibility index (Phi) is 4.33. The smallest absolute Gasteiger partial charge is 0.153 e. The number of halogens is 2. The van der Waals surface area contributed by atoms with Gasteiger partial charge in [-0.3, -0.25) is 0 Å². The summed E-state index contributed by atoms with van der Waals surface area (Å²) in [7, 11) is 0. The second kappa shape index (κ2) is 6.61. The third-order valence-corrected chi connectivity index (χ3v) is 5.36. The van der Waals surface area contributed by atoms with E-state index in [1.807, 2.05) is 41.0 Å². The van der Waals surface area contributed by atoms with Crippen LogP contribution in [0.25, 0.3) is 5.65 Å². The number of hydrogen-bond donors (Lipinski definition) is 1. The third kappa shape index (κ3) is 3.08. The molecule has 6 heteroatoms. The Hall–Kier alpha value is -1.78. The fourth-order valence-electron chi connectivity index (χ4n) is 3.33. The minimum Gasteiger partial charge on any atom is -0.365 e. The highest BCUT2D eigenvalue weighted by Crippen LogP contribution is 2.34. The Balaban J connectivity index is 1.55. The summed E-state index contributed by atoms with van der Waals surface area (Å²) in [6, 6.07) is 9.60. The van der Waals surface area contributed by atoms with E-state index in [1.54, 1.807) is 0 Å². The maximum Gasteiger partial charge on any atom is 0.153 e. The van der Waals surface area contributed by atoms with E-state index in [-0.39, 0.29) is 0 Å². The monoisotopic (exact) mass is 360 g/mol. The van der Waals surface area contributed by atoms with Crippen LogP contribution >= 0.6 is 23.2 Å². The summed E-state index contributed by atoms with van der Waals surface area (Å²) in [5, 5.41) is 9.20. The molecular formula is C18H18Cl2N4. The van der Waals surface area contributed by atoms with E-state index in [0.29, 0.717) is 22.5 Å². The van der Waals surface area contributed by atoms with E-state index in [1.165, 1.54) is 31.4 Å². The standard InChI is InChI=1S/C18H18Cl2N4/c19-14-6-5-12(9-15(14)20)10-21-17-7-8-18-22-11-16(24(18)23-17)13-3-1-2-4-13/h5-9,11,13H,1-4,10H2,(H,21,23). The number of nitrogens with zero attached hydrogens (tertiary/aromatic N) is 3. The van der Waals surface area contributed by atoms with Crippen molar-refractivity contribution < 1.29 is 0 Å². The van der Waals surface area contributed by atoms with Crippen LogP contribution in [-0.2, 0) is 6.54 Å². The van der Waals surface area contributed by atoms with Crippen LogP contribution in [0.2, 0.25) is 10.0 Å². The minimum absolute atomic E-state index is 0.567. The molecule has 4 rings (SSSR count). The fourth-order valence-corrected chi connectivity index (χ4v) is 3.65. The van der Waals surface area contributed by atoms with E-state index in [9.17, 15) is 0 Å². The normalized spacial score (nSPS) is 15.2. The second-order valence-corrected chi connectivity index (χ2v) is 7.07. The lowest BCUT2D eigenvalue weighted by molar-refractivity contribution is 0.668. The van der Waals surface area contributed by atoms with Gasteiger partial charge in [-0.1, -0.05) is 42.1 Å². The predicted molar refractivity (Wildman–Crippen MR) is 98.0 cm³/mol. The number of benzene rings is 1. The molecule has 124 valence electrons. The van der Waals surface area contributed by atoms with Gasteiger partial charge in [0, 0.05) is 12.5 Å². The molecule has 0 bridgehead atoms. The quantitative estimate of drug-likeness (QED) is 0.685. The topological polar surface area (TPSA) is 42.2 Å². The van der Waals surface area contributed by atoms with E-state index >= 15 is 0 Å². The second-order valence-electron chi connectivity index (χ2n) is 6.26. The van der Waals surface area contributed by atoms with Crippen molar-refractivity contribution in [3.8, 4) is 0 Å². The molecule has 0 saturated heterocycles. The van der Waals surface area contributed by atoms with Gasteiger partial charge in [0.1, 0.15) is 5.82 Å². The maximum atomic E-state index is 6.06. The zero-order chi connectivity index (χ0) is 16.5. The number of imidazole rings is 1. The highest BCUT2D eigenvalue weighted by Gasteiger charge is 2.21. The van der Waals surface area contributed by atoms with Crippen molar-refractivity contribution >= 4 is 34.7 Å². The Morgan fingerprint density at radius 2 is 1.92 bits per heavy atom. The largest absolute Gasteiger partial charge is 0.365 e. The van der Waals surface area contributed by atoms with Crippen molar-refractivity contribution in [2.24, 2.45) is 0 Å². The molecule has 1 fully saturated rings. The molecule has 1 saturated carbocycles. The molecule has 0 atom stereocenters. The summed E-state index contributed by atoms with van der Waals surface area (Å²) in [6.45, 7) is 0.642. The zero-order valence-corrected chi connectivity index (χ0v) is 14.7. The first-order valence-corrected chi connectivity index (χ1v) is 8.99. The number of fused-ring (bicyclic) bond motifs is 1. The van der Waals surface area contributed by atoms with E-state index in [2.05, 4.69) is 10.3 Å². The van der Waals surface area contributed by atoms with Gasteiger partial charge in [0.2, 0.25) is 0 Å². The number of aromatic nitrogens is 3. The van der Waals surface area contributed by atoms with Gasteiger partial charge in [-0.2, -0.15) is 0 Å². The molecule has 1 N–H and O–H groups in total. The predicted octanol–water partition coefficient (Wildman–Crippen LogP) is 5.31. The number of nitrogens with one attached hydrogen (secondary N) is 1. The average Bonchev–Trinajstić information content (AvgIpc) is 3.24. The van der Waals surface area contributed by atoms with Gasteiger partial charge in [-0.05, 0) is 42.7 Å². The summed E-state index contributed by atoms with van der Waals surface area (Å²) in [4.78, 5) is 4.48. The summed E-state index contributed by atoms with van der Waals surface area (Å²) >= 11 is 12.0. The molecule has 3 aromatic rings. The van der Waals surface area contributed by atoms with Crippen molar-refractivity contribution in [3.63, 3.8) is 0 Å². The van der Waals surface area contributed by atoms with Gasteiger partial charge in [0.05, 0.1) is 21.9 Å². The van der Waals surface area contributed by atoms with Crippen molar-refractivity contribution in [2.75, 3.05) is 5.32 Å². The number of anilines is 1. The Bertz CT molecular complexity index is 869. The molecular weight excluding hydrogens is 343 g/mol. The Morgan fingerprint density at radius 1 is 1.08 bits per heavy atom. The molecule has 0 aliphatic heterocycles. The van der Waals surface area contributed by atoms with Crippen LogP contribution < -0.4 is 5.32 Å². The summed E-state index contributed by atoms with van der Waals surface area (Å²) in [6.07, 6.45) is 7.04. The Morgan fingerprint density at radius 3 is 2.71 bits per heavy atom. The van der Waals surface area contributed by atoms with Crippen LogP contribution in [0, 0.1) is 0 Å². The summed E-state index contributed by atoms with van der Waals surface area (Å²) in [5.41, 5.74) is 3.19. The van der Waals surface area contributed by atoms with Gasteiger partial charge in [-0.15, -0.1) is 5.10 Å². The minimum atomic E-state index is 0.567. The number of hydrogen-bond acceptors (Lipinski definition) is 3. The van der Waals surface area contributed by atoms with Crippen molar-refractivity contribution in [3.05, 3.63) is 57.8 Å². The van der Waals surface area contributed by atoms with Crippen molar-refractivity contribution in [1.29, 1.82) is 0 Å². The first-order valence-electron chi connectivity index (χ1n) is 8.23. The van der Waals surface area contributed by atoms with Crippen molar-refractivity contribution in [1.82, 2.24) is 14.6 Å². The molecule has 1 aliphatic rings. The molecule has 0 radical (unpaired) electrons. The molecule has 4 nitrogen and oxygen atoms in total. The van der Waals surface area contributed by atoms with Gasteiger partial charge in [0.25, 0.3) is 0 Å². The molecule has 1 aliphatic carbocycles. The average molecular weight is 361 g/mol. The first-order chi connectivity index (χ1) is 11.7. The molecule has 0 amide bonds. The van der Waals surface area contributed by atoms with E-state index in [0.717, 1.165) is 17.0 Å². The van der Waals surface area contributed by atoms with Crippen LogP contribution in [-0.4, -0.2) is 14.6 Å². The highest BCUT2D eigenvalue weighted by atomic mass is 35.5. The molecule has 2 aromatic heterocycles. The molecule has 1 aromatic carbocycles. The first kappa shape index (κ1) is 15.7. The van der Waals surface area contributed by atoms with Gasteiger partial charge >= 0.3 is 0 Å². The molecule has 2 heterocycles. The van der Waals surface area contributed by atoms with Gasteiger partial charge in [-0.25, -0.2) is 9.50 Å². The van der Waals surface area contributed by atoms with Crippen LogP contribution in [0.5, 0.6) is 0 Å². The molecule has 24 heavy (non-hydrogen) atoms. The molecule has 0 spiro atoms. The van der Waals surface area contributed by atoms with Crippen molar-refractivity contribution in [2.45, 2.75) is 38.1 Å². The van der Waals surface area contributed by atoms with E-state index < -0.39 is 0 Å². The maximum absolute atomic E-state index is 6.06. The zero-order valence-electron chi connectivity index (χ0n) is 13.2. The lowest BCUT2D eigenvalue weighted by atomic mass is 10.1. The SMILES string of the molecule is Clc1ccc(CNc2ccc3ncc(C4CCCC4)n3n2)cc1Cl. The van der Waals surface area contributed by atoms with Crippen LogP contribution in [0.15, 0.2) is 36.5 Å². The van der Waals surface area contributed by atoms with Crippen LogP contribution in [0.3, 0.4) is 0 Å².